The van der Waals surface area contributed by atoms with Gasteiger partial charge in [0.2, 0.25) is 0 Å². The van der Waals surface area contributed by atoms with Gasteiger partial charge in [0.1, 0.15) is 11.6 Å². The zero-order chi connectivity index (χ0) is 14.4. The molecule has 0 unspecified atom stereocenters. The number of nitrogens with two attached hydrogens (primary N) is 1. The van der Waals surface area contributed by atoms with E-state index in [2.05, 4.69) is 15.5 Å². The molecule has 6 heteroatoms. The zero-order valence-corrected chi connectivity index (χ0v) is 11.2. The molecule has 0 aliphatic carbocycles. The number of methoxy groups -OCH3 is 1. The molecule has 1 amide bonds. The molecule has 0 aliphatic rings. The van der Waals surface area contributed by atoms with Crippen LogP contribution in [0.15, 0.2) is 36.4 Å². The van der Waals surface area contributed by atoms with Crippen LogP contribution in [0.25, 0.3) is 0 Å². The average molecular weight is 272 g/mol. The van der Waals surface area contributed by atoms with E-state index < -0.39 is 5.91 Å². The van der Waals surface area contributed by atoms with E-state index in [4.69, 9.17) is 10.5 Å². The number of carbonyl (C=O) groups excluding carboxylic acids is 1. The first-order valence-electron chi connectivity index (χ1n) is 6.19. The van der Waals surface area contributed by atoms with Gasteiger partial charge in [0.05, 0.1) is 7.11 Å². The third-order valence-electron chi connectivity index (χ3n) is 2.77. The highest BCUT2D eigenvalue weighted by Gasteiger charge is 2.02. The minimum absolute atomic E-state index is 0.156. The van der Waals surface area contributed by atoms with Gasteiger partial charge in [0.25, 0.3) is 5.91 Å². The van der Waals surface area contributed by atoms with Crippen LogP contribution in [-0.2, 0) is 6.42 Å². The van der Waals surface area contributed by atoms with Crippen molar-refractivity contribution in [3.8, 4) is 5.75 Å². The molecule has 6 nitrogen and oxygen atoms in total. The Morgan fingerprint density at radius 2 is 2.15 bits per heavy atom. The number of amides is 1. The number of anilines is 1. The predicted molar refractivity (Wildman–Crippen MR) is 75.7 cm³/mol. The van der Waals surface area contributed by atoms with Gasteiger partial charge in [0, 0.05) is 6.54 Å². The van der Waals surface area contributed by atoms with Crippen LogP contribution in [0, 0.1) is 0 Å². The van der Waals surface area contributed by atoms with Crippen LogP contribution in [0.1, 0.15) is 16.1 Å². The highest BCUT2D eigenvalue weighted by molar-refractivity contribution is 5.90. The van der Waals surface area contributed by atoms with Crippen molar-refractivity contribution in [2.45, 2.75) is 6.42 Å². The number of nitrogens with zero attached hydrogens (tertiary/aromatic N) is 2. The van der Waals surface area contributed by atoms with E-state index in [0.717, 1.165) is 12.2 Å². The number of primary amides is 1. The third-order valence-corrected chi connectivity index (χ3v) is 2.77. The van der Waals surface area contributed by atoms with Crippen molar-refractivity contribution in [3.63, 3.8) is 0 Å². The van der Waals surface area contributed by atoms with Crippen molar-refractivity contribution in [2.24, 2.45) is 5.73 Å². The number of aromatic nitrogens is 2. The Balaban J connectivity index is 1.87. The average Bonchev–Trinajstić information content (AvgIpc) is 2.48. The first kappa shape index (κ1) is 13.8. The lowest BCUT2D eigenvalue weighted by atomic mass is 10.1. The molecule has 1 aromatic heterocycles. The maximum absolute atomic E-state index is 10.9. The SMILES string of the molecule is COc1cccc(CCNc2ccc(C(N)=O)nn2)c1. The van der Waals surface area contributed by atoms with Gasteiger partial charge < -0.3 is 15.8 Å². The Hall–Kier alpha value is -2.63. The van der Waals surface area contributed by atoms with Crippen molar-refractivity contribution in [3.05, 3.63) is 47.7 Å². The molecule has 0 spiro atoms. The van der Waals surface area contributed by atoms with Crippen molar-refractivity contribution in [2.75, 3.05) is 19.0 Å². The summed E-state index contributed by atoms with van der Waals surface area (Å²) in [5.74, 6) is 0.867. The Morgan fingerprint density at radius 1 is 1.30 bits per heavy atom. The Labute approximate surface area is 117 Å². The summed E-state index contributed by atoms with van der Waals surface area (Å²) in [6.07, 6.45) is 0.830. The zero-order valence-electron chi connectivity index (χ0n) is 11.2. The van der Waals surface area contributed by atoms with Crippen LogP contribution < -0.4 is 15.8 Å². The molecule has 1 aromatic carbocycles. The van der Waals surface area contributed by atoms with Crippen molar-refractivity contribution in [1.29, 1.82) is 0 Å². The fraction of sp³-hybridized carbons (Fsp3) is 0.214. The number of benzene rings is 1. The maximum atomic E-state index is 10.9. The minimum Gasteiger partial charge on any atom is -0.497 e. The molecular formula is C14H16N4O2. The number of ether oxygens (including phenoxy) is 1. The summed E-state index contributed by atoms with van der Waals surface area (Å²) in [6.45, 7) is 0.706. The van der Waals surface area contributed by atoms with Gasteiger partial charge in [-0.15, -0.1) is 10.2 Å². The highest BCUT2D eigenvalue weighted by Crippen LogP contribution is 2.13. The van der Waals surface area contributed by atoms with Gasteiger partial charge in [0.15, 0.2) is 5.69 Å². The Bertz CT molecular complexity index is 584. The molecular weight excluding hydrogens is 256 g/mol. The van der Waals surface area contributed by atoms with Crippen LogP contribution in [0.2, 0.25) is 0 Å². The van der Waals surface area contributed by atoms with Crippen LogP contribution in [-0.4, -0.2) is 29.8 Å². The van der Waals surface area contributed by atoms with Crippen LogP contribution in [0.4, 0.5) is 5.82 Å². The second kappa shape index (κ2) is 6.51. The molecule has 0 radical (unpaired) electrons. The Kier molecular flexibility index (Phi) is 4.49. The summed E-state index contributed by atoms with van der Waals surface area (Å²) in [5.41, 5.74) is 6.41. The summed E-state index contributed by atoms with van der Waals surface area (Å²) >= 11 is 0. The van der Waals surface area contributed by atoms with Gasteiger partial charge in [-0.2, -0.15) is 0 Å². The van der Waals surface area contributed by atoms with Crippen molar-refractivity contribution in [1.82, 2.24) is 10.2 Å². The number of hydrogen-bond donors (Lipinski definition) is 2. The molecule has 0 atom stereocenters. The molecule has 104 valence electrons. The first-order valence-corrected chi connectivity index (χ1v) is 6.19. The molecule has 3 N–H and O–H groups in total. The lowest BCUT2D eigenvalue weighted by Crippen LogP contribution is -2.14. The number of carbonyl (C=O) groups is 1. The predicted octanol–water partition coefficient (Wildman–Crippen LogP) is 1.24. The van der Waals surface area contributed by atoms with Gasteiger partial charge in [-0.3, -0.25) is 4.79 Å². The van der Waals surface area contributed by atoms with Gasteiger partial charge in [-0.25, -0.2) is 0 Å². The summed E-state index contributed by atoms with van der Waals surface area (Å²) in [5, 5.41) is 10.7. The van der Waals surface area contributed by atoms with E-state index in [1.165, 1.54) is 5.56 Å². The third kappa shape index (κ3) is 3.68. The van der Waals surface area contributed by atoms with Crippen molar-refractivity contribution < 1.29 is 9.53 Å². The van der Waals surface area contributed by atoms with Crippen molar-refractivity contribution >= 4 is 11.7 Å². The molecule has 2 aromatic rings. The van der Waals surface area contributed by atoms with E-state index in [-0.39, 0.29) is 5.69 Å². The Morgan fingerprint density at radius 3 is 2.80 bits per heavy atom. The summed E-state index contributed by atoms with van der Waals surface area (Å²) < 4.78 is 5.17. The number of rotatable bonds is 6. The molecule has 0 aliphatic heterocycles. The fourth-order valence-electron chi connectivity index (χ4n) is 1.72. The molecule has 0 fully saturated rings. The molecule has 2 rings (SSSR count). The molecule has 0 saturated carbocycles. The topological polar surface area (TPSA) is 90.1 Å². The lowest BCUT2D eigenvalue weighted by Gasteiger charge is -2.06. The second-order valence-corrected chi connectivity index (χ2v) is 4.20. The van der Waals surface area contributed by atoms with Crippen LogP contribution in [0.3, 0.4) is 0 Å². The van der Waals surface area contributed by atoms with E-state index in [9.17, 15) is 4.79 Å². The minimum atomic E-state index is -0.583. The molecule has 0 bridgehead atoms. The molecule has 20 heavy (non-hydrogen) atoms. The highest BCUT2D eigenvalue weighted by atomic mass is 16.5. The maximum Gasteiger partial charge on any atom is 0.269 e. The largest absolute Gasteiger partial charge is 0.497 e. The normalized spacial score (nSPS) is 10.1. The fourth-order valence-corrected chi connectivity index (χ4v) is 1.72. The van der Waals surface area contributed by atoms with Gasteiger partial charge in [-0.1, -0.05) is 12.1 Å². The van der Waals surface area contributed by atoms with E-state index in [1.54, 1.807) is 19.2 Å². The number of nitrogens with one attached hydrogen (secondary N) is 1. The van der Waals surface area contributed by atoms with Gasteiger partial charge in [-0.05, 0) is 36.2 Å². The second-order valence-electron chi connectivity index (χ2n) is 4.20. The van der Waals surface area contributed by atoms with E-state index in [1.807, 2.05) is 24.3 Å². The summed E-state index contributed by atoms with van der Waals surface area (Å²) in [6, 6.07) is 11.1. The summed E-state index contributed by atoms with van der Waals surface area (Å²) in [7, 11) is 1.65. The monoisotopic (exact) mass is 272 g/mol. The van der Waals surface area contributed by atoms with Crippen LogP contribution in [0.5, 0.6) is 5.75 Å². The smallest absolute Gasteiger partial charge is 0.269 e. The quantitative estimate of drug-likeness (QED) is 0.825. The van der Waals surface area contributed by atoms with Gasteiger partial charge >= 0.3 is 0 Å². The summed E-state index contributed by atoms with van der Waals surface area (Å²) in [4.78, 5) is 10.9. The molecule has 0 saturated heterocycles. The molecule has 1 heterocycles. The van der Waals surface area contributed by atoms with E-state index in [0.29, 0.717) is 12.4 Å². The van der Waals surface area contributed by atoms with Crippen LogP contribution >= 0.6 is 0 Å². The van der Waals surface area contributed by atoms with E-state index >= 15 is 0 Å². The first-order chi connectivity index (χ1) is 9.69. The standard InChI is InChI=1S/C14H16N4O2/c1-20-11-4-2-3-10(9-11)7-8-16-13-6-5-12(14(15)19)17-18-13/h2-6,9H,7-8H2,1H3,(H2,15,19)(H,16,18). The number of hydrogen-bond acceptors (Lipinski definition) is 5. The lowest BCUT2D eigenvalue weighted by molar-refractivity contribution is 0.0994.